The zero-order valence-electron chi connectivity index (χ0n) is 12.2. The van der Waals surface area contributed by atoms with E-state index in [4.69, 9.17) is 4.74 Å². The highest BCUT2D eigenvalue weighted by molar-refractivity contribution is 5.99. The normalized spacial score (nSPS) is 22.5. The standard InChI is InChI=1S/C15H17F3N2O2/c1-9-7-20(2-3-22-9)8-10-4-11-12(6-19-14(11)21)13(5-10)15(16,17)18/h4-5,9H,2-3,6-8H2,1H3,(H,19,21). The summed E-state index contributed by atoms with van der Waals surface area (Å²) in [5, 5.41) is 2.46. The van der Waals surface area contributed by atoms with Gasteiger partial charge in [0.2, 0.25) is 0 Å². The Morgan fingerprint density at radius 3 is 2.86 bits per heavy atom. The molecule has 0 bridgehead atoms. The van der Waals surface area contributed by atoms with E-state index >= 15 is 0 Å². The van der Waals surface area contributed by atoms with Crippen molar-refractivity contribution in [2.24, 2.45) is 0 Å². The van der Waals surface area contributed by atoms with E-state index in [1.54, 1.807) is 6.07 Å². The van der Waals surface area contributed by atoms with Gasteiger partial charge in [0.1, 0.15) is 0 Å². The summed E-state index contributed by atoms with van der Waals surface area (Å²) in [6, 6.07) is 2.74. The quantitative estimate of drug-likeness (QED) is 0.910. The van der Waals surface area contributed by atoms with Gasteiger partial charge in [0, 0.05) is 31.7 Å². The summed E-state index contributed by atoms with van der Waals surface area (Å²) < 4.78 is 45.1. The number of nitrogens with one attached hydrogen (secondary N) is 1. The molecule has 22 heavy (non-hydrogen) atoms. The van der Waals surface area contributed by atoms with Gasteiger partial charge in [-0.05, 0) is 30.2 Å². The van der Waals surface area contributed by atoms with E-state index < -0.39 is 17.6 Å². The molecule has 1 fully saturated rings. The first-order chi connectivity index (χ1) is 10.3. The second-order valence-corrected chi connectivity index (χ2v) is 5.77. The molecule has 1 saturated heterocycles. The smallest absolute Gasteiger partial charge is 0.376 e. The van der Waals surface area contributed by atoms with Gasteiger partial charge < -0.3 is 10.1 Å². The van der Waals surface area contributed by atoms with Gasteiger partial charge in [-0.15, -0.1) is 0 Å². The number of halogens is 3. The zero-order chi connectivity index (χ0) is 15.9. The van der Waals surface area contributed by atoms with Gasteiger partial charge in [0.25, 0.3) is 5.91 Å². The van der Waals surface area contributed by atoms with Crippen LogP contribution in [0.2, 0.25) is 0 Å². The van der Waals surface area contributed by atoms with Crippen molar-refractivity contribution >= 4 is 5.91 Å². The Kier molecular flexibility index (Phi) is 3.86. The molecule has 7 heteroatoms. The van der Waals surface area contributed by atoms with Crippen LogP contribution in [0.15, 0.2) is 12.1 Å². The highest BCUT2D eigenvalue weighted by Gasteiger charge is 2.37. The zero-order valence-corrected chi connectivity index (χ0v) is 12.2. The molecule has 1 atom stereocenters. The van der Waals surface area contributed by atoms with Gasteiger partial charge in [0.05, 0.1) is 18.3 Å². The summed E-state index contributed by atoms with van der Waals surface area (Å²) in [4.78, 5) is 13.8. The van der Waals surface area contributed by atoms with Crippen LogP contribution in [0.1, 0.15) is 34.0 Å². The Balaban J connectivity index is 1.92. The molecule has 0 aromatic heterocycles. The largest absolute Gasteiger partial charge is 0.416 e. The van der Waals surface area contributed by atoms with E-state index in [9.17, 15) is 18.0 Å². The number of nitrogens with zero attached hydrogens (tertiary/aromatic N) is 1. The third-order valence-corrected chi connectivity index (χ3v) is 4.02. The molecule has 0 aliphatic carbocycles. The number of hydrogen-bond acceptors (Lipinski definition) is 3. The number of carbonyl (C=O) groups excluding carboxylic acids is 1. The number of alkyl halides is 3. The number of ether oxygens (including phenoxy) is 1. The highest BCUT2D eigenvalue weighted by Crippen LogP contribution is 2.36. The second kappa shape index (κ2) is 5.55. The van der Waals surface area contributed by atoms with E-state index in [-0.39, 0.29) is 23.8 Å². The van der Waals surface area contributed by atoms with Crippen LogP contribution in [0.25, 0.3) is 0 Å². The van der Waals surface area contributed by atoms with Gasteiger partial charge in [-0.25, -0.2) is 0 Å². The van der Waals surface area contributed by atoms with Gasteiger partial charge in [0.15, 0.2) is 0 Å². The number of rotatable bonds is 2. The maximum atomic E-state index is 13.2. The van der Waals surface area contributed by atoms with Crippen LogP contribution < -0.4 is 5.32 Å². The summed E-state index contributed by atoms with van der Waals surface area (Å²) in [5.41, 5.74) is -0.000360. The molecule has 0 radical (unpaired) electrons. The summed E-state index contributed by atoms with van der Waals surface area (Å²) >= 11 is 0. The minimum atomic E-state index is -4.45. The number of hydrogen-bond donors (Lipinski definition) is 1. The first kappa shape index (κ1) is 15.3. The molecule has 1 aromatic rings. The number of morpholine rings is 1. The third kappa shape index (κ3) is 2.96. The predicted molar refractivity (Wildman–Crippen MR) is 73.3 cm³/mol. The van der Waals surface area contributed by atoms with E-state index in [1.807, 2.05) is 11.8 Å². The Morgan fingerprint density at radius 1 is 1.41 bits per heavy atom. The highest BCUT2D eigenvalue weighted by atomic mass is 19.4. The van der Waals surface area contributed by atoms with Crippen molar-refractivity contribution in [3.8, 4) is 0 Å². The minimum absolute atomic E-state index is 0.0524. The molecule has 1 aromatic carbocycles. The van der Waals surface area contributed by atoms with Crippen molar-refractivity contribution in [1.29, 1.82) is 0 Å². The van der Waals surface area contributed by atoms with Crippen molar-refractivity contribution in [3.63, 3.8) is 0 Å². The maximum Gasteiger partial charge on any atom is 0.416 e. The molecule has 2 aliphatic heterocycles. The van der Waals surface area contributed by atoms with E-state index in [2.05, 4.69) is 5.32 Å². The van der Waals surface area contributed by atoms with Crippen LogP contribution in [0.5, 0.6) is 0 Å². The van der Waals surface area contributed by atoms with Gasteiger partial charge in [-0.1, -0.05) is 0 Å². The van der Waals surface area contributed by atoms with Crippen LogP contribution in [-0.2, 0) is 24.0 Å². The lowest BCUT2D eigenvalue weighted by molar-refractivity contribution is -0.138. The van der Waals surface area contributed by atoms with Gasteiger partial charge in [-0.2, -0.15) is 13.2 Å². The lowest BCUT2D eigenvalue weighted by Crippen LogP contribution is -2.40. The van der Waals surface area contributed by atoms with Crippen LogP contribution >= 0.6 is 0 Å². The van der Waals surface area contributed by atoms with Crippen LogP contribution in [0.3, 0.4) is 0 Å². The van der Waals surface area contributed by atoms with Crippen molar-refractivity contribution in [2.75, 3.05) is 19.7 Å². The van der Waals surface area contributed by atoms with Crippen molar-refractivity contribution < 1.29 is 22.7 Å². The molecular weight excluding hydrogens is 297 g/mol. The number of carbonyl (C=O) groups is 1. The fourth-order valence-electron chi connectivity index (χ4n) is 3.03. The molecule has 1 unspecified atom stereocenters. The van der Waals surface area contributed by atoms with E-state index in [0.717, 1.165) is 0 Å². The topological polar surface area (TPSA) is 41.6 Å². The predicted octanol–water partition coefficient (Wildman–Crippen LogP) is 2.17. The molecule has 3 rings (SSSR count). The first-order valence-corrected chi connectivity index (χ1v) is 7.20. The summed E-state index contributed by atoms with van der Waals surface area (Å²) in [6.07, 6.45) is -4.39. The Hall–Kier alpha value is -1.60. The lowest BCUT2D eigenvalue weighted by Gasteiger charge is -2.31. The second-order valence-electron chi connectivity index (χ2n) is 5.77. The molecule has 120 valence electrons. The van der Waals surface area contributed by atoms with Crippen molar-refractivity contribution in [1.82, 2.24) is 10.2 Å². The summed E-state index contributed by atoms with van der Waals surface area (Å²) in [7, 11) is 0. The number of fused-ring (bicyclic) bond motifs is 1. The Labute approximate surface area is 126 Å². The molecule has 0 saturated carbocycles. The van der Waals surface area contributed by atoms with Crippen LogP contribution in [0.4, 0.5) is 13.2 Å². The summed E-state index contributed by atoms with van der Waals surface area (Å²) in [5.74, 6) is -0.433. The average Bonchev–Trinajstić information content (AvgIpc) is 2.79. The van der Waals surface area contributed by atoms with Crippen molar-refractivity contribution in [2.45, 2.75) is 32.3 Å². The molecule has 1 N–H and O–H groups in total. The number of amides is 1. The lowest BCUT2D eigenvalue weighted by atomic mass is 9.98. The van der Waals surface area contributed by atoms with E-state index in [0.29, 0.717) is 31.8 Å². The summed E-state index contributed by atoms with van der Waals surface area (Å²) in [6.45, 7) is 4.18. The number of benzene rings is 1. The van der Waals surface area contributed by atoms with Gasteiger partial charge in [-0.3, -0.25) is 9.69 Å². The monoisotopic (exact) mass is 314 g/mol. The fraction of sp³-hybridized carbons (Fsp3) is 0.533. The van der Waals surface area contributed by atoms with E-state index in [1.165, 1.54) is 6.07 Å². The molecule has 2 aliphatic rings. The van der Waals surface area contributed by atoms with Crippen molar-refractivity contribution in [3.05, 3.63) is 34.4 Å². The Bertz CT molecular complexity index is 601. The molecule has 4 nitrogen and oxygen atoms in total. The van der Waals surface area contributed by atoms with Crippen LogP contribution in [-0.4, -0.2) is 36.6 Å². The molecular formula is C15H17F3N2O2. The average molecular weight is 314 g/mol. The third-order valence-electron chi connectivity index (χ3n) is 4.02. The minimum Gasteiger partial charge on any atom is -0.376 e. The maximum absolute atomic E-state index is 13.2. The van der Waals surface area contributed by atoms with Gasteiger partial charge >= 0.3 is 6.18 Å². The molecule has 0 spiro atoms. The Morgan fingerprint density at radius 2 is 2.18 bits per heavy atom. The molecule has 2 heterocycles. The molecule has 1 amide bonds. The fourth-order valence-corrected chi connectivity index (χ4v) is 3.03. The SMILES string of the molecule is CC1CN(Cc2cc3c(c(C(F)(F)F)c2)CNC3=O)CCO1. The van der Waals surface area contributed by atoms with Crippen LogP contribution in [0, 0.1) is 0 Å². The first-order valence-electron chi connectivity index (χ1n) is 7.20.